The zero-order valence-electron chi connectivity index (χ0n) is 13.0. The van der Waals surface area contributed by atoms with Gasteiger partial charge in [-0.2, -0.15) is 0 Å². The average molecular weight is 299 g/mol. The largest absolute Gasteiger partial charge is 0.336 e. The molecule has 1 aromatic heterocycles. The molecule has 5 nitrogen and oxygen atoms in total. The molecule has 22 heavy (non-hydrogen) atoms. The van der Waals surface area contributed by atoms with Gasteiger partial charge in [0.05, 0.1) is 17.2 Å². The van der Waals surface area contributed by atoms with Crippen molar-refractivity contribution in [1.82, 2.24) is 14.5 Å². The van der Waals surface area contributed by atoms with Crippen LogP contribution in [0.4, 0.5) is 0 Å². The van der Waals surface area contributed by atoms with Gasteiger partial charge in [-0.15, -0.1) is 0 Å². The summed E-state index contributed by atoms with van der Waals surface area (Å²) in [5.74, 6) is -0.00104. The topological polar surface area (TPSA) is 55.2 Å². The van der Waals surface area contributed by atoms with Gasteiger partial charge in [0.25, 0.3) is 5.56 Å². The number of nitrogens with zero attached hydrogens (tertiary/aromatic N) is 3. The first-order chi connectivity index (χ1) is 10.6. The number of benzene rings is 1. The molecule has 0 bridgehead atoms. The fourth-order valence-electron chi connectivity index (χ4n) is 3.36. The number of rotatable bonds is 2. The van der Waals surface area contributed by atoms with Crippen LogP contribution in [-0.4, -0.2) is 32.4 Å². The van der Waals surface area contributed by atoms with Crippen LogP contribution < -0.4 is 5.56 Å². The summed E-state index contributed by atoms with van der Waals surface area (Å²) in [5, 5.41) is 0.553. The van der Waals surface area contributed by atoms with Gasteiger partial charge in [0.15, 0.2) is 0 Å². The number of fused-ring (bicyclic) bond motifs is 1. The van der Waals surface area contributed by atoms with Gasteiger partial charge in [0, 0.05) is 12.1 Å². The third-order valence-corrected chi connectivity index (χ3v) is 4.52. The first-order valence-corrected chi connectivity index (χ1v) is 7.83. The number of amides is 1. The van der Waals surface area contributed by atoms with Gasteiger partial charge in [0.2, 0.25) is 5.91 Å². The smallest absolute Gasteiger partial charge is 0.261 e. The number of piperidine rings is 1. The Morgan fingerprint density at radius 3 is 2.64 bits per heavy atom. The van der Waals surface area contributed by atoms with E-state index in [2.05, 4.69) is 18.8 Å². The molecule has 1 aliphatic rings. The molecule has 116 valence electrons. The predicted octanol–water partition coefficient (Wildman–Crippen LogP) is 2.19. The van der Waals surface area contributed by atoms with Crippen molar-refractivity contribution in [3.05, 3.63) is 40.9 Å². The lowest BCUT2D eigenvalue weighted by atomic mass is 9.97. The van der Waals surface area contributed by atoms with Gasteiger partial charge < -0.3 is 4.90 Å². The van der Waals surface area contributed by atoms with Crippen LogP contribution in [0.25, 0.3) is 10.9 Å². The normalized spacial score (nSPS) is 22.0. The van der Waals surface area contributed by atoms with Crippen molar-refractivity contribution in [2.24, 2.45) is 0 Å². The summed E-state index contributed by atoms with van der Waals surface area (Å²) < 4.78 is 1.42. The molecule has 2 aromatic rings. The maximum Gasteiger partial charge on any atom is 0.261 e. The zero-order valence-corrected chi connectivity index (χ0v) is 13.0. The molecule has 5 heteroatoms. The van der Waals surface area contributed by atoms with Crippen molar-refractivity contribution in [2.45, 2.75) is 51.7 Å². The Morgan fingerprint density at radius 2 is 1.91 bits per heavy atom. The van der Waals surface area contributed by atoms with E-state index in [1.165, 1.54) is 10.9 Å². The Bertz CT molecular complexity index is 743. The SMILES string of the molecule is C[C@@H]1CCC[C@H](C)N1C(=O)Cn1cnc2ccccc2c1=O. The average Bonchev–Trinajstić information content (AvgIpc) is 2.50. The fraction of sp³-hybridized carbons (Fsp3) is 0.471. The maximum absolute atomic E-state index is 12.6. The maximum atomic E-state index is 12.6. The van der Waals surface area contributed by atoms with E-state index >= 15 is 0 Å². The molecule has 2 atom stereocenters. The molecule has 1 aliphatic heterocycles. The zero-order chi connectivity index (χ0) is 15.7. The van der Waals surface area contributed by atoms with Crippen molar-refractivity contribution < 1.29 is 4.79 Å². The van der Waals surface area contributed by atoms with Gasteiger partial charge in [-0.1, -0.05) is 12.1 Å². The highest BCUT2D eigenvalue weighted by Gasteiger charge is 2.29. The van der Waals surface area contributed by atoms with E-state index < -0.39 is 0 Å². The minimum absolute atomic E-state index is 0.00104. The Hall–Kier alpha value is -2.17. The Kier molecular flexibility index (Phi) is 3.96. The van der Waals surface area contributed by atoms with E-state index in [1.807, 2.05) is 17.0 Å². The Morgan fingerprint density at radius 1 is 1.23 bits per heavy atom. The highest BCUT2D eigenvalue weighted by molar-refractivity contribution is 5.79. The molecule has 0 radical (unpaired) electrons. The van der Waals surface area contributed by atoms with Gasteiger partial charge in [-0.05, 0) is 45.2 Å². The standard InChI is InChI=1S/C17H21N3O2/c1-12-6-5-7-13(2)20(12)16(21)10-19-11-18-15-9-4-3-8-14(15)17(19)22/h3-4,8-9,11-13H,5-7,10H2,1-2H3/t12-,13+. The summed E-state index contributed by atoms with van der Waals surface area (Å²) in [6, 6.07) is 7.68. The van der Waals surface area contributed by atoms with E-state index in [-0.39, 0.29) is 30.1 Å². The lowest BCUT2D eigenvalue weighted by Crippen LogP contribution is -2.49. The Labute approximate surface area is 129 Å². The molecule has 1 fully saturated rings. The van der Waals surface area contributed by atoms with Crippen LogP contribution in [0, 0.1) is 0 Å². The van der Waals surface area contributed by atoms with E-state index in [1.54, 1.807) is 12.1 Å². The van der Waals surface area contributed by atoms with E-state index in [0.29, 0.717) is 10.9 Å². The summed E-state index contributed by atoms with van der Waals surface area (Å²) in [6.45, 7) is 4.22. The first kappa shape index (κ1) is 14.8. The second-order valence-corrected chi connectivity index (χ2v) is 6.12. The Balaban J connectivity index is 1.88. The molecule has 1 amide bonds. The highest BCUT2D eigenvalue weighted by atomic mass is 16.2. The lowest BCUT2D eigenvalue weighted by molar-refractivity contribution is -0.138. The molecule has 0 unspecified atom stereocenters. The van der Waals surface area contributed by atoms with E-state index in [9.17, 15) is 9.59 Å². The number of carbonyl (C=O) groups excluding carboxylic acids is 1. The van der Waals surface area contributed by atoms with Crippen LogP contribution in [0.1, 0.15) is 33.1 Å². The quantitative estimate of drug-likeness (QED) is 0.854. The van der Waals surface area contributed by atoms with Crippen LogP contribution in [0.2, 0.25) is 0 Å². The van der Waals surface area contributed by atoms with Crippen molar-refractivity contribution in [2.75, 3.05) is 0 Å². The fourth-order valence-corrected chi connectivity index (χ4v) is 3.36. The van der Waals surface area contributed by atoms with Gasteiger partial charge in [-0.25, -0.2) is 4.98 Å². The number of para-hydroxylation sites is 1. The van der Waals surface area contributed by atoms with Gasteiger partial charge in [-0.3, -0.25) is 14.2 Å². The second kappa shape index (κ2) is 5.91. The minimum atomic E-state index is -0.156. The summed E-state index contributed by atoms with van der Waals surface area (Å²) in [5.41, 5.74) is 0.507. The molecule has 0 saturated carbocycles. The van der Waals surface area contributed by atoms with Crippen LogP contribution in [0.3, 0.4) is 0 Å². The summed E-state index contributed by atoms with van der Waals surface area (Å²) in [7, 11) is 0. The van der Waals surface area contributed by atoms with Crippen LogP contribution in [-0.2, 0) is 11.3 Å². The highest BCUT2D eigenvalue weighted by Crippen LogP contribution is 2.22. The molecule has 0 spiro atoms. The summed E-state index contributed by atoms with van der Waals surface area (Å²) in [4.78, 5) is 31.3. The molecular formula is C17H21N3O2. The number of aromatic nitrogens is 2. The molecule has 1 aromatic carbocycles. The van der Waals surface area contributed by atoms with Crippen molar-refractivity contribution in [1.29, 1.82) is 0 Å². The van der Waals surface area contributed by atoms with Crippen molar-refractivity contribution >= 4 is 16.8 Å². The first-order valence-electron chi connectivity index (χ1n) is 7.83. The van der Waals surface area contributed by atoms with E-state index in [4.69, 9.17) is 0 Å². The molecule has 0 aliphatic carbocycles. The molecular weight excluding hydrogens is 278 g/mol. The third kappa shape index (κ3) is 2.63. The number of hydrogen-bond acceptors (Lipinski definition) is 3. The third-order valence-electron chi connectivity index (χ3n) is 4.52. The molecule has 3 rings (SSSR count). The predicted molar refractivity (Wildman–Crippen MR) is 85.6 cm³/mol. The van der Waals surface area contributed by atoms with Crippen LogP contribution >= 0.6 is 0 Å². The number of hydrogen-bond donors (Lipinski definition) is 0. The van der Waals surface area contributed by atoms with E-state index in [0.717, 1.165) is 19.3 Å². The number of carbonyl (C=O) groups is 1. The van der Waals surface area contributed by atoms with Gasteiger partial charge >= 0.3 is 0 Å². The van der Waals surface area contributed by atoms with Crippen molar-refractivity contribution in [3.63, 3.8) is 0 Å². The summed E-state index contributed by atoms with van der Waals surface area (Å²) in [6.07, 6.45) is 4.69. The minimum Gasteiger partial charge on any atom is -0.336 e. The van der Waals surface area contributed by atoms with Crippen LogP contribution in [0.5, 0.6) is 0 Å². The number of likely N-dealkylation sites (tertiary alicyclic amines) is 1. The molecule has 0 N–H and O–H groups in total. The van der Waals surface area contributed by atoms with Crippen molar-refractivity contribution in [3.8, 4) is 0 Å². The monoisotopic (exact) mass is 299 g/mol. The van der Waals surface area contributed by atoms with Crippen LogP contribution in [0.15, 0.2) is 35.4 Å². The summed E-state index contributed by atoms with van der Waals surface area (Å²) >= 11 is 0. The second-order valence-electron chi connectivity index (χ2n) is 6.12. The molecule has 1 saturated heterocycles. The molecule has 2 heterocycles. The lowest BCUT2D eigenvalue weighted by Gasteiger charge is -2.39. The van der Waals surface area contributed by atoms with Gasteiger partial charge in [0.1, 0.15) is 6.54 Å².